The Morgan fingerprint density at radius 1 is 1.20 bits per heavy atom. The van der Waals surface area contributed by atoms with E-state index >= 15 is 0 Å². The molecule has 134 valence electrons. The van der Waals surface area contributed by atoms with Gasteiger partial charge in [0.15, 0.2) is 5.11 Å². The van der Waals surface area contributed by atoms with E-state index in [0.29, 0.717) is 22.2 Å². The summed E-state index contributed by atoms with van der Waals surface area (Å²) in [7, 11) is 3.77. The minimum absolute atomic E-state index is 0.242. The maximum absolute atomic E-state index is 14.2. The van der Waals surface area contributed by atoms with E-state index in [9.17, 15) is 4.39 Å². The average Bonchev–Trinajstić information content (AvgIpc) is 2.53. The van der Waals surface area contributed by atoms with Crippen molar-refractivity contribution in [3.63, 3.8) is 0 Å². The highest BCUT2D eigenvalue weighted by atomic mass is 35.5. The molecular formula is C19H23ClFN3S. The van der Waals surface area contributed by atoms with Crippen LogP contribution in [0.4, 0.5) is 10.1 Å². The Morgan fingerprint density at radius 2 is 1.92 bits per heavy atom. The first kappa shape index (κ1) is 19.6. The first-order chi connectivity index (χ1) is 11.8. The highest BCUT2D eigenvalue weighted by Gasteiger charge is 2.21. The van der Waals surface area contributed by atoms with E-state index in [0.717, 1.165) is 5.69 Å². The van der Waals surface area contributed by atoms with E-state index < -0.39 is 0 Å². The van der Waals surface area contributed by atoms with Gasteiger partial charge in [-0.2, -0.15) is 0 Å². The number of anilines is 1. The lowest BCUT2D eigenvalue weighted by molar-refractivity contribution is 0.292. The van der Waals surface area contributed by atoms with E-state index in [1.54, 1.807) is 12.1 Å². The zero-order valence-corrected chi connectivity index (χ0v) is 16.4. The van der Waals surface area contributed by atoms with E-state index in [1.807, 2.05) is 37.2 Å². The summed E-state index contributed by atoms with van der Waals surface area (Å²) in [5, 5.41) is 7.21. The normalized spacial score (nSPS) is 12.1. The summed E-state index contributed by atoms with van der Waals surface area (Å²) in [4.78, 5) is 1.91. The fraction of sp³-hybridized carbons (Fsp3) is 0.316. The van der Waals surface area contributed by atoms with Gasteiger partial charge < -0.3 is 15.5 Å². The number of hydrogen-bond acceptors (Lipinski definition) is 2. The number of nitrogens with zero attached hydrogens (tertiary/aromatic N) is 1. The fourth-order valence-electron chi connectivity index (χ4n) is 2.56. The number of nitrogens with one attached hydrogen (secondary N) is 2. The second-order valence-corrected chi connectivity index (χ2v) is 7.06. The molecule has 0 unspecified atom stereocenters. The molecular weight excluding hydrogens is 357 g/mol. The number of benzene rings is 2. The van der Waals surface area contributed by atoms with E-state index in [1.165, 1.54) is 17.2 Å². The van der Waals surface area contributed by atoms with Crippen molar-refractivity contribution in [2.45, 2.75) is 19.9 Å². The molecule has 25 heavy (non-hydrogen) atoms. The van der Waals surface area contributed by atoms with Crippen molar-refractivity contribution >= 4 is 34.6 Å². The highest BCUT2D eigenvalue weighted by molar-refractivity contribution is 7.80. The van der Waals surface area contributed by atoms with Gasteiger partial charge in [0.05, 0.1) is 6.04 Å². The third kappa shape index (κ3) is 5.14. The van der Waals surface area contributed by atoms with Crippen LogP contribution in [-0.4, -0.2) is 30.7 Å². The van der Waals surface area contributed by atoms with Crippen LogP contribution in [0.5, 0.6) is 0 Å². The molecule has 0 aliphatic rings. The minimum Gasteiger partial charge on any atom is -0.361 e. The van der Waals surface area contributed by atoms with E-state index in [-0.39, 0.29) is 11.9 Å². The van der Waals surface area contributed by atoms with E-state index in [4.69, 9.17) is 23.8 Å². The van der Waals surface area contributed by atoms with Crippen molar-refractivity contribution in [2.24, 2.45) is 0 Å². The summed E-state index contributed by atoms with van der Waals surface area (Å²) in [6, 6.07) is 10.5. The lowest BCUT2D eigenvalue weighted by Gasteiger charge is -2.27. The summed E-state index contributed by atoms with van der Waals surface area (Å²) in [5.74, 6) is -0.318. The fourth-order valence-corrected chi connectivity index (χ4v) is 3.05. The first-order valence-electron chi connectivity index (χ1n) is 8.02. The van der Waals surface area contributed by atoms with Gasteiger partial charge in [-0.05, 0) is 75.6 Å². The maximum Gasteiger partial charge on any atom is 0.170 e. The average molecular weight is 380 g/mol. The van der Waals surface area contributed by atoms with Crippen LogP contribution in [0.1, 0.15) is 22.7 Å². The van der Waals surface area contributed by atoms with Crippen molar-refractivity contribution in [1.82, 2.24) is 10.2 Å². The molecule has 3 nitrogen and oxygen atoms in total. The monoisotopic (exact) mass is 379 g/mol. The summed E-state index contributed by atoms with van der Waals surface area (Å²) < 4.78 is 14.2. The summed E-state index contributed by atoms with van der Waals surface area (Å²) in [5.41, 5.74) is 3.81. The lowest BCUT2D eigenvalue weighted by atomic mass is 10.1. The Hall–Kier alpha value is -1.69. The van der Waals surface area contributed by atoms with Crippen LogP contribution < -0.4 is 10.6 Å². The standard InChI is InChI=1S/C19H23ClFN3S/c1-12-8-9-14(10-13(12)2)23-19(25)22-11-17(24(3)4)18-15(20)6-5-7-16(18)21/h5-10,17H,11H2,1-4H3,(H2,22,23,25)/t17-/m1/s1. The smallest absolute Gasteiger partial charge is 0.170 e. The number of likely N-dealkylation sites (N-methyl/N-ethyl adjacent to an activating group) is 1. The van der Waals surface area contributed by atoms with E-state index in [2.05, 4.69) is 24.5 Å². The van der Waals surface area contributed by atoms with Gasteiger partial charge in [0.25, 0.3) is 0 Å². The van der Waals surface area contributed by atoms with Gasteiger partial charge >= 0.3 is 0 Å². The van der Waals surface area contributed by atoms with Crippen molar-refractivity contribution in [1.29, 1.82) is 0 Å². The predicted molar refractivity (Wildman–Crippen MR) is 108 cm³/mol. The van der Waals surface area contributed by atoms with Gasteiger partial charge in [-0.15, -0.1) is 0 Å². The Labute approximate surface area is 159 Å². The molecule has 2 aromatic carbocycles. The third-order valence-electron chi connectivity index (χ3n) is 4.18. The van der Waals surface area contributed by atoms with Crippen LogP contribution in [0, 0.1) is 19.7 Å². The molecule has 2 rings (SSSR count). The van der Waals surface area contributed by atoms with Crippen LogP contribution in [0.2, 0.25) is 5.02 Å². The molecule has 0 heterocycles. The topological polar surface area (TPSA) is 27.3 Å². The number of thiocarbonyl (C=S) groups is 1. The SMILES string of the molecule is Cc1ccc(NC(=S)NC[C@H](c2c(F)cccc2Cl)N(C)C)cc1C. The quantitative estimate of drug-likeness (QED) is 0.737. The van der Waals surface area contributed by atoms with Gasteiger partial charge in [-0.3, -0.25) is 0 Å². The number of halogens is 2. The number of hydrogen-bond donors (Lipinski definition) is 2. The van der Waals surface area contributed by atoms with Crippen LogP contribution >= 0.6 is 23.8 Å². The van der Waals surface area contributed by atoms with Crippen LogP contribution in [-0.2, 0) is 0 Å². The Bertz CT molecular complexity index is 744. The second-order valence-electron chi connectivity index (χ2n) is 6.25. The molecule has 2 N–H and O–H groups in total. The molecule has 0 amide bonds. The zero-order chi connectivity index (χ0) is 18.6. The Morgan fingerprint density at radius 3 is 2.52 bits per heavy atom. The number of aryl methyl sites for hydroxylation is 2. The van der Waals surface area contributed by atoms with Gasteiger partial charge in [0.2, 0.25) is 0 Å². The molecule has 0 radical (unpaired) electrons. The van der Waals surface area contributed by atoms with Crippen molar-refractivity contribution in [2.75, 3.05) is 26.0 Å². The molecule has 0 aromatic heterocycles. The summed E-state index contributed by atoms with van der Waals surface area (Å²) >= 11 is 11.6. The zero-order valence-electron chi connectivity index (χ0n) is 14.9. The highest BCUT2D eigenvalue weighted by Crippen LogP contribution is 2.28. The van der Waals surface area contributed by atoms with Gasteiger partial charge in [-0.25, -0.2) is 4.39 Å². The lowest BCUT2D eigenvalue weighted by Crippen LogP contribution is -2.37. The molecule has 0 spiro atoms. The molecule has 0 saturated heterocycles. The van der Waals surface area contributed by atoms with Crippen molar-refractivity contribution < 1.29 is 4.39 Å². The molecule has 1 atom stereocenters. The van der Waals surface area contributed by atoms with Gasteiger partial charge in [-0.1, -0.05) is 23.7 Å². The molecule has 0 bridgehead atoms. The second kappa shape index (κ2) is 8.61. The third-order valence-corrected chi connectivity index (χ3v) is 4.75. The molecule has 6 heteroatoms. The van der Waals surface area contributed by atoms with Crippen molar-refractivity contribution in [3.05, 3.63) is 63.9 Å². The van der Waals surface area contributed by atoms with Crippen LogP contribution in [0.25, 0.3) is 0 Å². The predicted octanol–water partition coefficient (Wildman–Crippen LogP) is 4.69. The van der Waals surface area contributed by atoms with Gasteiger partial charge in [0.1, 0.15) is 5.82 Å². The maximum atomic E-state index is 14.2. The minimum atomic E-state index is -0.318. The molecule has 0 aliphatic heterocycles. The van der Waals surface area contributed by atoms with Crippen LogP contribution in [0.3, 0.4) is 0 Å². The Kier molecular flexibility index (Phi) is 6.76. The summed E-state index contributed by atoms with van der Waals surface area (Å²) in [6.07, 6.45) is 0. The summed E-state index contributed by atoms with van der Waals surface area (Å²) in [6.45, 7) is 4.55. The molecule has 0 saturated carbocycles. The number of rotatable bonds is 5. The first-order valence-corrected chi connectivity index (χ1v) is 8.80. The Balaban J connectivity index is 2.06. The molecule has 0 aliphatic carbocycles. The van der Waals surface area contributed by atoms with Crippen molar-refractivity contribution in [3.8, 4) is 0 Å². The van der Waals surface area contributed by atoms with Crippen LogP contribution in [0.15, 0.2) is 36.4 Å². The van der Waals surface area contributed by atoms with Gasteiger partial charge in [0, 0.05) is 22.8 Å². The largest absolute Gasteiger partial charge is 0.361 e. The molecule has 0 fully saturated rings. The molecule has 2 aromatic rings.